The topological polar surface area (TPSA) is 29.3 Å². The van der Waals surface area contributed by atoms with Crippen molar-refractivity contribution >= 4 is 0 Å². The SMILES string of the molecule is CC(C)(Cc1ccccc1)N(N)C(c1ccccc1)c1ccccc1. The third kappa shape index (κ3) is 4.16. The molecular formula is C23H26N2. The van der Waals surface area contributed by atoms with Gasteiger partial charge in [0.1, 0.15) is 0 Å². The molecule has 0 fully saturated rings. The number of rotatable bonds is 6. The molecule has 0 heterocycles. The lowest BCUT2D eigenvalue weighted by Crippen LogP contribution is -2.52. The van der Waals surface area contributed by atoms with E-state index < -0.39 is 0 Å². The molecule has 0 amide bonds. The van der Waals surface area contributed by atoms with Crippen LogP contribution in [0.25, 0.3) is 0 Å². The number of hydrogen-bond donors (Lipinski definition) is 1. The summed E-state index contributed by atoms with van der Waals surface area (Å²) in [6, 6.07) is 31.5. The van der Waals surface area contributed by atoms with Gasteiger partial charge < -0.3 is 0 Å². The Hall–Kier alpha value is -2.42. The normalized spacial score (nSPS) is 11.9. The summed E-state index contributed by atoms with van der Waals surface area (Å²) >= 11 is 0. The summed E-state index contributed by atoms with van der Waals surface area (Å²) in [5, 5.41) is 2.00. The number of benzene rings is 3. The van der Waals surface area contributed by atoms with Crippen LogP contribution in [0.15, 0.2) is 91.0 Å². The van der Waals surface area contributed by atoms with Gasteiger partial charge in [-0.05, 0) is 37.0 Å². The van der Waals surface area contributed by atoms with Gasteiger partial charge in [0.2, 0.25) is 0 Å². The number of hydrogen-bond acceptors (Lipinski definition) is 2. The fraction of sp³-hybridized carbons (Fsp3) is 0.217. The van der Waals surface area contributed by atoms with Gasteiger partial charge in [0, 0.05) is 5.54 Å². The molecule has 3 aromatic carbocycles. The highest BCUT2D eigenvalue weighted by atomic mass is 15.5. The first-order valence-electron chi connectivity index (χ1n) is 8.76. The summed E-state index contributed by atoms with van der Waals surface area (Å²) < 4.78 is 0. The summed E-state index contributed by atoms with van der Waals surface area (Å²) in [6.45, 7) is 4.41. The summed E-state index contributed by atoms with van der Waals surface area (Å²) in [6.07, 6.45) is 0.889. The van der Waals surface area contributed by atoms with Crippen molar-refractivity contribution in [2.75, 3.05) is 0 Å². The van der Waals surface area contributed by atoms with Crippen LogP contribution in [-0.2, 0) is 6.42 Å². The lowest BCUT2D eigenvalue weighted by molar-refractivity contribution is 0.0856. The molecule has 0 bridgehead atoms. The molecule has 0 aliphatic heterocycles. The van der Waals surface area contributed by atoms with Gasteiger partial charge in [-0.2, -0.15) is 0 Å². The van der Waals surface area contributed by atoms with E-state index in [-0.39, 0.29) is 11.6 Å². The molecule has 0 saturated carbocycles. The molecule has 3 rings (SSSR count). The zero-order chi connectivity index (χ0) is 17.7. The van der Waals surface area contributed by atoms with Gasteiger partial charge in [0.25, 0.3) is 0 Å². The van der Waals surface area contributed by atoms with Gasteiger partial charge in [-0.3, -0.25) is 5.84 Å². The first-order chi connectivity index (χ1) is 12.1. The van der Waals surface area contributed by atoms with Crippen molar-refractivity contribution < 1.29 is 0 Å². The maximum Gasteiger partial charge on any atom is 0.0746 e. The average molecular weight is 330 g/mol. The van der Waals surface area contributed by atoms with Gasteiger partial charge in [0.15, 0.2) is 0 Å². The Morgan fingerprint density at radius 3 is 1.56 bits per heavy atom. The molecule has 0 radical (unpaired) electrons. The van der Waals surface area contributed by atoms with Crippen molar-refractivity contribution in [3.63, 3.8) is 0 Å². The molecule has 25 heavy (non-hydrogen) atoms. The molecule has 2 nitrogen and oxygen atoms in total. The van der Waals surface area contributed by atoms with Gasteiger partial charge in [-0.25, -0.2) is 5.01 Å². The van der Waals surface area contributed by atoms with E-state index in [4.69, 9.17) is 5.84 Å². The van der Waals surface area contributed by atoms with E-state index in [9.17, 15) is 0 Å². The number of nitrogens with two attached hydrogens (primary N) is 1. The Bertz CT molecular complexity index is 727. The maximum atomic E-state index is 6.74. The van der Waals surface area contributed by atoms with E-state index in [1.807, 2.05) is 23.2 Å². The van der Waals surface area contributed by atoms with Crippen LogP contribution in [0.4, 0.5) is 0 Å². The first-order valence-corrected chi connectivity index (χ1v) is 8.76. The van der Waals surface area contributed by atoms with Gasteiger partial charge in [-0.1, -0.05) is 91.0 Å². The molecule has 2 N–H and O–H groups in total. The van der Waals surface area contributed by atoms with Gasteiger partial charge >= 0.3 is 0 Å². The zero-order valence-corrected chi connectivity index (χ0v) is 15.0. The highest BCUT2D eigenvalue weighted by Gasteiger charge is 2.32. The van der Waals surface area contributed by atoms with Crippen molar-refractivity contribution in [2.24, 2.45) is 5.84 Å². The monoisotopic (exact) mass is 330 g/mol. The van der Waals surface area contributed by atoms with Crippen LogP contribution in [0.5, 0.6) is 0 Å². The highest BCUT2D eigenvalue weighted by molar-refractivity contribution is 5.32. The molecule has 3 aromatic rings. The molecular weight excluding hydrogens is 304 g/mol. The molecule has 2 heteroatoms. The van der Waals surface area contributed by atoms with E-state index in [1.54, 1.807) is 0 Å². The molecule has 0 saturated heterocycles. The lowest BCUT2D eigenvalue weighted by Gasteiger charge is -2.41. The first kappa shape index (κ1) is 17.4. The smallest absolute Gasteiger partial charge is 0.0746 e. The molecule has 0 aliphatic carbocycles. The quantitative estimate of drug-likeness (QED) is 0.510. The van der Waals surface area contributed by atoms with Crippen LogP contribution < -0.4 is 5.84 Å². The van der Waals surface area contributed by atoms with Crippen molar-refractivity contribution in [1.82, 2.24) is 5.01 Å². The Morgan fingerprint density at radius 2 is 1.12 bits per heavy atom. The van der Waals surface area contributed by atoms with Crippen LogP contribution >= 0.6 is 0 Å². The number of hydrazine groups is 1. The second-order valence-corrected chi connectivity index (χ2v) is 7.11. The number of nitrogens with zero attached hydrogens (tertiary/aromatic N) is 1. The molecule has 0 atom stereocenters. The minimum atomic E-state index is -0.197. The van der Waals surface area contributed by atoms with E-state index in [1.165, 1.54) is 16.7 Å². The van der Waals surface area contributed by atoms with Crippen LogP contribution in [0, 0.1) is 0 Å². The van der Waals surface area contributed by atoms with E-state index in [2.05, 4.69) is 86.6 Å². The minimum absolute atomic E-state index is 0.0149. The average Bonchev–Trinajstić information content (AvgIpc) is 2.64. The van der Waals surface area contributed by atoms with Crippen molar-refractivity contribution in [1.29, 1.82) is 0 Å². The minimum Gasteiger partial charge on any atom is -0.267 e. The fourth-order valence-electron chi connectivity index (χ4n) is 3.32. The highest BCUT2D eigenvalue weighted by Crippen LogP contribution is 2.32. The fourth-order valence-corrected chi connectivity index (χ4v) is 3.32. The Balaban J connectivity index is 1.95. The van der Waals surface area contributed by atoms with E-state index >= 15 is 0 Å². The second-order valence-electron chi connectivity index (χ2n) is 7.11. The summed E-state index contributed by atoms with van der Waals surface area (Å²) in [4.78, 5) is 0. The molecule has 0 aromatic heterocycles. The summed E-state index contributed by atoms with van der Waals surface area (Å²) in [7, 11) is 0. The maximum absolute atomic E-state index is 6.74. The Morgan fingerprint density at radius 1 is 0.720 bits per heavy atom. The predicted molar refractivity (Wildman–Crippen MR) is 105 cm³/mol. The second kappa shape index (κ2) is 7.64. The van der Waals surface area contributed by atoms with Crippen LogP contribution in [-0.4, -0.2) is 10.5 Å². The predicted octanol–water partition coefficient (Wildman–Crippen LogP) is 4.97. The summed E-state index contributed by atoms with van der Waals surface area (Å²) in [5.41, 5.74) is 3.51. The summed E-state index contributed by atoms with van der Waals surface area (Å²) in [5.74, 6) is 6.74. The molecule has 0 aliphatic rings. The van der Waals surface area contributed by atoms with Crippen LogP contribution in [0.1, 0.15) is 36.6 Å². The molecule has 128 valence electrons. The Labute approximate surface area is 150 Å². The van der Waals surface area contributed by atoms with E-state index in [0.29, 0.717) is 0 Å². The lowest BCUT2D eigenvalue weighted by atomic mass is 9.89. The van der Waals surface area contributed by atoms with Crippen molar-refractivity contribution in [3.05, 3.63) is 108 Å². The standard InChI is InChI=1S/C23H26N2/c1-23(2,18-19-12-6-3-7-13-19)25(24)22(20-14-8-4-9-15-20)21-16-10-5-11-17-21/h3-17,22H,18,24H2,1-2H3. The van der Waals surface area contributed by atoms with Crippen LogP contribution in [0.3, 0.4) is 0 Å². The van der Waals surface area contributed by atoms with E-state index in [0.717, 1.165) is 6.42 Å². The van der Waals surface area contributed by atoms with Crippen molar-refractivity contribution in [3.8, 4) is 0 Å². The van der Waals surface area contributed by atoms with Gasteiger partial charge in [-0.15, -0.1) is 0 Å². The molecule has 0 spiro atoms. The van der Waals surface area contributed by atoms with Gasteiger partial charge in [0.05, 0.1) is 6.04 Å². The molecule has 0 unspecified atom stereocenters. The van der Waals surface area contributed by atoms with Crippen molar-refractivity contribution in [2.45, 2.75) is 31.8 Å². The third-order valence-corrected chi connectivity index (χ3v) is 4.69. The van der Waals surface area contributed by atoms with Crippen LogP contribution in [0.2, 0.25) is 0 Å². The zero-order valence-electron chi connectivity index (χ0n) is 15.0. The Kier molecular flexibility index (Phi) is 5.32. The third-order valence-electron chi connectivity index (χ3n) is 4.69. The largest absolute Gasteiger partial charge is 0.267 e.